The van der Waals surface area contributed by atoms with Gasteiger partial charge < -0.3 is 5.32 Å². The van der Waals surface area contributed by atoms with E-state index in [9.17, 15) is 0 Å². The van der Waals surface area contributed by atoms with Gasteiger partial charge in [0.1, 0.15) is 5.82 Å². The number of hydrogen-bond acceptors (Lipinski definition) is 5. The third-order valence-electron chi connectivity index (χ3n) is 3.06. The minimum atomic E-state index is 0.205. The lowest BCUT2D eigenvalue weighted by Gasteiger charge is -2.16. The highest BCUT2D eigenvalue weighted by Crippen LogP contribution is 2.22. The minimum Gasteiger partial charge on any atom is -0.309 e. The molecule has 2 aromatic heterocycles. The van der Waals surface area contributed by atoms with Crippen LogP contribution in [0.5, 0.6) is 0 Å². The highest BCUT2D eigenvalue weighted by atomic mass is 32.1. The monoisotopic (exact) mass is 276 g/mol. The summed E-state index contributed by atoms with van der Waals surface area (Å²) in [6.45, 7) is 9.13. The van der Waals surface area contributed by atoms with E-state index in [0.717, 1.165) is 35.2 Å². The molecule has 102 valence electrons. The van der Waals surface area contributed by atoms with Crippen molar-refractivity contribution in [2.45, 2.75) is 40.2 Å². The van der Waals surface area contributed by atoms with Crippen molar-refractivity contribution in [3.05, 3.63) is 39.4 Å². The van der Waals surface area contributed by atoms with E-state index in [-0.39, 0.29) is 6.04 Å². The van der Waals surface area contributed by atoms with Crippen molar-refractivity contribution in [2.24, 2.45) is 0 Å². The van der Waals surface area contributed by atoms with Crippen molar-refractivity contribution >= 4 is 11.3 Å². The van der Waals surface area contributed by atoms with Crippen LogP contribution in [0.1, 0.15) is 40.1 Å². The smallest absolute Gasteiger partial charge is 0.125 e. The Kier molecular flexibility index (Phi) is 4.61. The molecule has 19 heavy (non-hydrogen) atoms. The minimum absolute atomic E-state index is 0.205. The van der Waals surface area contributed by atoms with E-state index >= 15 is 0 Å². The van der Waals surface area contributed by atoms with E-state index in [4.69, 9.17) is 0 Å². The van der Waals surface area contributed by atoms with Crippen molar-refractivity contribution < 1.29 is 0 Å². The molecule has 0 bridgehead atoms. The van der Waals surface area contributed by atoms with Gasteiger partial charge in [-0.15, -0.1) is 11.3 Å². The lowest BCUT2D eigenvalue weighted by Crippen LogP contribution is -2.24. The number of likely N-dealkylation sites (N-methyl/N-ethyl adjacent to an activating group) is 1. The molecule has 5 heteroatoms. The number of aryl methyl sites for hydroxylation is 3. The summed E-state index contributed by atoms with van der Waals surface area (Å²) in [6, 6.07) is 2.19. The molecule has 0 aromatic carbocycles. The number of rotatable bonds is 5. The standard InChI is InChI=1S/C14H20N4S/c1-5-15-13(12-6-7-16-11(4)18-12)8-14-17-9(2)10(3)19-14/h6-7,13,15H,5,8H2,1-4H3. The first-order valence-corrected chi connectivity index (χ1v) is 7.37. The zero-order valence-electron chi connectivity index (χ0n) is 11.9. The van der Waals surface area contributed by atoms with Crippen molar-refractivity contribution in [2.75, 3.05) is 6.54 Å². The van der Waals surface area contributed by atoms with Crippen LogP contribution in [0.25, 0.3) is 0 Å². The first-order valence-electron chi connectivity index (χ1n) is 6.56. The fourth-order valence-electron chi connectivity index (χ4n) is 2.00. The van der Waals surface area contributed by atoms with Gasteiger partial charge in [0.05, 0.1) is 22.4 Å². The molecule has 0 aliphatic carbocycles. The second kappa shape index (κ2) is 6.21. The van der Waals surface area contributed by atoms with Crippen LogP contribution in [-0.4, -0.2) is 21.5 Å². The van der Waals surface area contributed by atoms with Crippen molar-refractivity contribution in [1.82, 2.24) is 20.3 Å². The van der Waals surface area contributed by atoms with E-state index in [1.165, 1.54) is 4.88 Å². The topological polar surface area (TPSA) is 50.7 Å². The van der Waals surface area contributed by atoms with Gasteiger partial charge in [0.2, 0.25) is 0 Å². The first kappa shape index (κ1) is 14.1. The van der Waals surface area contributed by atoms with Gasteiger partial charge in [0.25, 0.3) is 0 Å². The van der Waals surface area contributed by atoms with Gasteiger partial charge in [-0.25, -0.2) is 15.0 Å². The Labute approximate surface area is 118 Å². The molecule has 0 saturated carbocycles. The Morgan fingerprint density at radius 1 is 1.26 bits per heavy atom. The molecule has 0 spiro atoms. The summed E-state index contributed by atoms with van der Waals surface area (Å²) in [4.78, 5) is 14.6. The van der Waals surface area contributed by atoms with Gasteiger partial charge in [-0.2, -0.15) is 0 Å². The third kappa shape index (κ3) is 3.58. The Balaban J connectivity index is 2.20. The van der Waals surface area contributed by atoms with E-state index < -0.39 is 0 Å². The Bertz CT molecular complexity index is 531. The predicted molar refractivity (Wildman–Crippen MR) is 78.5 cm³/mol. The number of thiazole rings is 1. The molecule has 1 atom stereocenters. The number of nitrogens with one attached hydrogen (secondary N) is 1. The zero-order chi connectivity index (χ0) is 13.8. The normalized spacial score (nSPS) is 12.6. The van der Waals surface area contributed by atoms with E-state index in [1.807, 2.05) is 19.2 Å². The fraction of sp³-hybridized carbons (Fsp3) is 0.500. The molecule has 0 amide bonds. The summed E-state index contributed by atoms with van der Waals surface area (Å²) in [5, 5.41) is 4.64. The molecule has 2 rings (SSSR count). The molecule has 0 fully saturated rings. The zero-order valence-corrected chi connectivity index (χ0v) is 12.7. The lowest BCUT2D eigenvalue weighted by atomic mass is 10.1. The molecule has 0 aliphatic heterocycles. The number of hydrogen-bond donors (Lipinski definition) is 1. The van der Waals surface area contributed by atoms with Crippen molar-refractivity contribution in [3.8, 4) is 0 Å². The van der Waals surface area contributed by atoms with Crippen LogP contribution in [0.3, 0.4) is 0 Å². The molecular formula is C14H20N4S. The van der Waals surface area contributed by atoms with Gasteiger partial charge in [-0.1, -0.05) is 6.92 Å². The van der Waals surface area contributed by atoms with Crippen molar-refractivity contribution in [3.63, 3.8) is 0 Å². The first-order chi connectivity index (χ1) is 9.10. The van der Waals surface area contributed by atoms with E-state index in [0.29, 0.717) is 0 Å². The molecule has 2 heterocycles. The Morgan fingerprint density at radius 2 is 2.05 bits per heavy atom. The summed E-state index contributed by atoms with van der Waals surface area (Å²) < 4.78 is 0. The summed E-state index contributed by atoms with van der Waals surface area (Å²) >= 11 is 1.77. The second-order valence-corrected chi connectivity index (χ2v) is 5.88. The Morgan fingerprint density at radius 3 is 2.63 bits per heavy atom. The van der Waals surface area contributed by atoms with Crippen LogP contribution < -0.4 is 5.32 Å². The predicted octanol–water partition coefficient (Wildman–Crippen LogP) is 2.75. The summed E-state index contributed by atoms with van der Waals surface area (Å²) in [6.07, 6.45) is 2.70. The van der Waals surface area contributed by atoms with E-state index in [1.54, 1.807) is 11.3 Å². The summed E-state index contributed by atoms with van der Waals surface area (Å²) in [5.41, 5.74) is 2.17. The van der Waals surface area contributed by atoms with Gasteiger partial charge in [-0.3, -0.25) is 0 Å². The largest absolute Gasteiger partial charge is 0.309 e. The quantitative estimate of drug-likeness (QED) is 0.912. The van der Waals surface area contributed by atoms with Gasteiger partial charge >= 0.3 is 0 Å². The van der Waals surface area contributed by atoms with Gasteiger partial charge in [0, 0.05) is 17.5 Å². The van der Waals surface area contributed by atoms with Crippen LogP contribution in [0.2, 0.25) is 0 Å². The molecule has 1 N–H and O–H groups in total. The van der Waals surface area contributed by atoms with Crippen LogP contribution >= 0.6 is 11.3 Å². The molecule has 0 saturated heterocycles. The van der Waals surface area contributed by atoms with Gasteiger partial charge in [-0.05, 0) is 33.4 Å². The molecule has 2 aromatic rings. The van der Waals surface area contributed by atoms with Crippen molar-refractivity contribution in [1.29, 1.82) is 0 Å². The molecule has 0 radical (unpaired) electrons. The van der Waals surface area contributed by atoms with Crippen LogP contribution in [-0.2, 0) is 6.42 Å². The molecule has 1 unspecified atom stereocenters. The maximum atomic E-state index is 4.62. The number of nitrogens with zero attached hydrogens (tertiary/aromatic N) is 3. The second-order valence-electron chi connectivity index (χ2n) is 4.59. The molecular weight excluding hydrogens is 256 g/mol. The SMILES string of the molecule is CCNC(Cc1nc(C)c(C)s1)c1ccnc(C)n1. The van der Waals surface area contributed by atoms with Crippen LogP contribution in [0.15, 0.2) is 12.3 Å². The van der Waals surface area contributed by atoms with Crippen LogP contribution in [0.4, 0.5) is 0 Å². The van der Waals surface area contributed by atoms with Gasteiger partial charge in [0.15, 0.2) is 0 Å². The summed E-state index contributed by atoms with van der Waals surface area (Å²) in [7, 11) is 0. The maximum absolute atomic E-state index is 4.62. The number of aromatic nitrogens is 3. The Hall–Kier alpha value is -1.33. The third-order valence-corrected chi connectivity index (χ3v) is 4.15. The van der Waals surface area contributed by atoms with Crippen LogP contribution in [0, 0.1) is 20.8 Å². The highest BCUT2D eigenvalue weighted by molar-refractivity contribution is 7.11. The summed E-state index contributed by atoms with van der Waals surface area (Å²) in [5.74, 6) is 0.812. The average molecular weight is 276 g/mol. The maximum Gasteiger partial charge on any atom is 0.125 e. The fourth-order valence-corrected chi connectivity index (χ4v) is 2.98. The lowest BCUT2D eigenvalue weighted by molar-refractivity contribution is 0.532. The van der Waals surface area contributed by atoms with E-state index in [2.05, 4.69) is 41.0 Å². The molecule has 4 nitrogen and oxygen atoms in total. The molecule has 0 aliphatic rings. The average Bonchev–Trinajstić information content (AvgIpc) is 2.68. The highest BCUT2D eigenvalue weighted by Gasteiger charge is 2.15.